The van der Waals surface area contributed by atoms with Gasteiger partial charge < -0.3 is 4.42 Å². The molecule has 4 atom stereocenters. The van der Waals surface area contributed by atoms with Gasteiger partial charge in [-0.15, -0.1) is 0 Å². The van der Waals surface area contributed by atoms with Gasteiger partial charge in [0.15, 0.2) is 5.76 Å². The molecule has 0 N–H and O–H groups in total. The molecule has 2 fully saturated rings. The van der Waals surface area contributed by atoms with Gasteiger partial charge in [-0.2, -0.15) is 0 Å². The van der Waals surface area contributed by atoms with Crippen LogP contribution in [0.5, 0.6) is 0 Å². The topological polar surface area (TPSA) is 30.2 Å². The molecule has 0 amide bonds. The molecule has 2 heteroatoms. The summed E-state index contributed by atoms with van der Waals surface area (Å²) >= 11 is 0. The van der Waals surface area contributed by atoms with E-state index in [1.807, 2.05) is 6.07 Å². The lowest BCUT2D eigenvalue weighted by Gasteiger charge is -2.59. The van der Waals surface area contributed by atoms with E-state index in [2.05, 4.69) is 20.8 Å². The van der Waals surface area contributed by atoms with Gasteiger partial charge in [0.05, 0.1) is 6.26 Å². The normalized spacial score (nSPS) is 40.3. The molecule has 0 saturated heterocycles. The third kappa shape index (κ3) is 1.88. The second kappa shape index (κ2) is 4.72. The predicted molar refractivity (Wildman–Crippen MR) is 86.8 cm³/mol. The molecule has 3 aliphatic carbocycles. The van der Waals surface area contributed by atoms with Gasteiger partial charge in [0, 0.05) is 11.5 Å². The Labute approximate surface area is 133 Å². The number of fused-ring (bicyclic) bond motifs is 4. The lowest BCUT2D eigenvalue weighted by atomic mass is 9.45. The zero-order chi connectivity index (χ0) is 15.5. The average Bonchev–Trinajstić information content (AvgIpc) is 2.87. The van der Waals surface area contributed by atoms with Crippen molar-refractivity contribution in [3.63, 3.8) is 0 Å². The van der Waals surface area contributed by atoms with Crippen LogP contribution in [0.3, 0.4) is 0 Å². The van der Waals surface area contributed by atoms with E-state index in [4.69, 9.17) is 4.42 Å². The van der Waals surface area contributed by atoms with Crippen LogP contribution in [-0.4, -0.2) is 5.78 Å². The molecular weight excluding hydrogens is 272 g/mol. The fourth-order valence-electron chi connectivity index (χ4n) is 6.41. The standard InChI is InChI=1S/C20H28O2/c1-19(2)10-4-11-20(3)15-7-5-13-9-12-22-18(13)17(21)14(15)6-8-16(19)20/h9,12,14-16H,4-8,10-11H2,1-3H3/t14-,15-,16-,20+/m0/s1. The summed E-state index contributed by atoms with van der Waals surface area (Å²) in [6.07, 6.45) is 10.1. The summed E-state index contributed by atoms with van der Waals surface area (Å²) in [6, 6.07) is 2.01. The van der Waals surface area contributed by atoms with Crippen molar-refractivity contribution in [1.29, 1.82) is 0 Å². The monoisotopic (exact) mass is 300 g/mol. The summed E-state index contributed by atoms with van der Waals surface area (Å²) in [6.45, 7) is 7.41. The van der Waals surface area contributed by atoms with Crippen LogP contribution in [0, 0.1) is 28.6 Å². The van der Waals surface area contributed by atoms with Gasteiger partial charge in [-0.1, -0.05) is 27.2 Å². The van der Waals surface area contributed by atoms with Gasteiger partial charge in [-0.25, -0.2) is 0 Å². The van der Waals surface area contributed by atoms with Crippen LogP contribution in [0.25, 0.3) is 0 Å². The molecule has 0 bridgehead atoms. The predicted octanol–water partition coefficient (Wildman–Crippen LogP) is 5.27. The van der Waals surface area contributed by atoms with E-state index in [0.717, 1.165) is 30.7 Å². The molecular formula is C20H28O2. The number of hydrogen-bond acceptors (Lipinski definition) is 2. The number of aryl methyl sites for hydroxylation is 1. The van der Waals surface area contributed by atoms with Crippen LogP contribution in [0.15, 0.2) is 16.7 Å². The molecule has 1 aromatic heterocycles. The van der Waals surface area contributed by atoms with Gasteiger partial charge >= 0.3 is 0 Å². The molecule has 0 spiro atoms. The number of carbonyl (C=O) groups is 1. The maximum atomic E-state index is 13.0. The summed E-state index contributed by atoms with van der Waals surface area (Å²) in [4.78, 5) is 13.0. The minimum atomic E-state index is 0.197. The van der Waals surface area contributed by atoms with E-state index < -0.39 is 0 Å². The van der Waals surface area contributed by atoms with Crippen molar-refractivity contribution in [2.45, 2.75) is 65.7 Å². The third-order valence-electron chi connectivity index (χ3n) is 7.41. The average molecular weight is 300 g/mol. The Hall–Kier alpha value is -1.05. The zero-order valence-electron chi connectivity index (χ0n) is 14.2. The van der Waals surface area contributed by atoms with Crippen LogP contribution < -0.4 is 0 Å². The highest BCUT2D eigenvalue weighted by molar-refractivity contribution is 5.97. The Morgan fingerprint density at radius 1 is 1.14 bits per heavy atom. The third-order valence-corrected chi connectivity index (χ3v) is 7.41. The molecule has 2 saturated carbocycles. The number of hydrogen-bond donors (Lipinski definition) is 0. The maximum absolute atomic E-state index is 13.0. The van der Waals surface area contributed by atoms with Crippen LogP contribution >= 0.6 is 0 Å². The lowest BCUT2D eigenvalue weighted by Crippen LogP contribution is -2.52. The van der Waals surface area contributed by atoms with Gasteiger partial charge in [-0.05, 0) is 67.3 Å². The fourth-order valence-corrected chi connectivity index (χ4v) is 6.41. The Morgan fingerprint density at radius 3 is 2.77 bits per heavy atom. The molecule has 3 aliphatic rings. The number of carbonyl (C=O) groups excluding carboxylic acids is 1. The molecule has 22 heavy (non-hydrogen) atoms. The summed E-state index contributed by atoms with van der Waals surface area (Å²) in [5.74, 6) is 2.48. The maximum Gasteiger partial charge on any atom is 0.201 e. The Bertz CT molecular complexity index is 597. The summed E-state index contributed by atoms with van der Waals surface area (Å²) in [5, 5.41) is 0. The first-order chi connectivity index (χ1) is 10.4. The number of furan rings is 1. The largest absolute Gasteiger partial charge is 0.461 e. The van der Waals surface area contributed by atoms with Crippen LogP contribution in [0.1, 0.15) is 75.4 Å². The summed E-state index contributed by atoms with van der Waals surface area (Å²) < 4.78 is 5.56. The first-order valence-electron chi connectivity index (χ1n) is 9.04. The van der Waals surface area contributed by atoms with E-state index >= 15 is 0 Å². The van der Waals surface area contributed by atoms with E-state index in [0.29, 0.717) is 28.3 Å². The minimum absolute atomic E-state index is 0.197. The lowest BCUT2D eigenvalue weighted by molar-refractivity contribution is -0.0911. The van der Waals surface area contributed by atoms with Crippen LogP contribution in [-0.2, 0) is 6.42 Å². The van der Waals surface area contributed by atoms with Crippen molar-refractivity contribution < 1.29 is 9.21 Å². The van der Waals surface area contributed by atoms with Crippen molar-refractivity contribution in [3.05, 3.63) is 23.7 Å². The van der Waals surface area contributed by atoms with E-state index in [9.17, 15) is 4.79 Å². The Morgan fingerprint density at radius 2 is 1.95 bits per heavy atom. The molecule has 1 heterocycles. The van der Waals surface area contributed by atoms with E-state index in [1.54, 1.807) is 6.26 Å². The highest BCUT2D eigenvalue weighted by atomic mass is 16.3. The summed E-state index contributed by atoms with van der Waals surface area (Å²) in [5.41, 5.74) is 1.92. The number of rotatable bonds is 0. The Kier molecular flexibility index (Phi) is 3.12. The second-order valence-corrected chi connectivity index (χ2v) is 8.87. The highest BCUT2D eigenvalue weighted by Gasteiger charge is 2.56. The fraction of sp³-hybridized carbons (Fsp3) is 0.750. The first kappa shape index (κ1) is 14.5. The van der Waals surface area contributed by atoms with E-state index in [1.165, 1.54) is 25.7 Å². The molecule has 2 nitrogen and oxygen atoms in total. The first-order valence-corrected chi connectivity index (χ1v) is 9.04. The molecule has 1 aromatic rings. The van der Waals surface area contributed by atoms with Crippen molar-refractivity contribution in [3.8, 4) is 0 Å². The van der Waals surface area contributed by atoms with Gasteiger partial charge in [0.25, 0.3) is 0 Å². The van der Waals surface area contributed by atoms with Gasteiger partial charge in [0.1, 0.15) is 0 Å². The van der Waals surface area contributed by atoms with Gasteiger partial charge in [0.2, 0.25) is 5.78 Å². The second-order valence-electron chi connectivity index (χ2n) is 8.87. The van der Waals surface area contributed by atoms with Gasteiger partial charge in [-0.3, -0.25) is 4.79 Å². The van der Waals surface area contributed by atoms with Crippen LogP contribution in [0.4, 0.5) is 0 Å². The molecule has 0 unspecified atom stereocenters. The summed E-state index contributed by atoms with van der Waals surface area (Å²) in [7, 11) is 0. The van der Waals surface area contributed by atoms with Crippen molar-refractivity contribution >= 4 is 5.78 Å². The molecule has 0 aliphatic heterocycles. The molecule has 4 rings (SSSR count). The van der Waals surface area contributed by atoms with Crippen molar-refractivity contribution in [2.24, 2.45) is 28.6 Å². The molecule has 0 radical (unpaired) electrons. The van der Waals surface area contributed by atoms with Crippen LogP contribution in [0.2, 0.25) is 0 Å². The number of Topliss-reactive ketones (excluding diaryl/α,β-unsaturated/α-hetero) is 1. The Balaban J connectivity index is 1.73. The molecule has 120 valence electrons. The van der Waals surface area contributed by atoms with E-state index in [-0.39, 0.29) is 5.92 Å². The van der Waals surface area contributed by atoms with Crippen molar-refractivity contribution in [1.82, 2.24) is 0 Å². The van der Waals surface area contributed by atoms with Crippen molar-refractivity contribution in [2.75, 3.05) is 0 Å². The minimum Gasteiger partial charge on any atom is -0.461 e. The smallest absolute Gasteiger partial charge is 0.201 e. The highest BCUT2D eigenvalue weighted by Crippen LogP contribution is 2.62. The quantitative estimate of drug-likeness (QED) is 0.653. The number of ketones is 1. The zero-order valence-corrected chi connectivity index (χ0v) is 14.2. The SMILES string of the molecule is CC1(C)CCC[C@]2(C)[C@H]3CCc4ccoc4C(=O)[C@H]3CC[C@@H]12. The molecule has 0 aromatic carbocycles.